The lowest BCUT2D eigenvalue weighted by molar-refractivity contribution is 0.375. The monoisotopic (exact) mass is 329 g/mol. The summed E-state index contributed by atoms with van der Waals surface area (Å²) in [4.78, 5) is 11.7. The molecule has 3 rings (SSSR count). The summed E-state index contributed by atoms with van der Waals surface area (Å²) < 4.78 is 5.11. The molecule has 0 aliphatic carbocycles. The van der Waals surface area contributed by atoms with Crippen LogP contribution in [-0.4, -0.2) is 34.3 Å². The molecule has 6 nitrogen and oxygen atoms in total. The van der Waals surface area contributed by atoms with Crippen molar-refractivity contribution in [3.63, 3.8) is 0 Å². The van der Waals surface area contributed by atoms with E-state index in [2.05, 4.69) is 40.3 Å². The molecule has 0 aromatic carbocycles. The molecule has 1 saturated heterocycles. The fourth-order valence-corrected chi connectivity index (χ4v) is 3.17. The van der Waals surface area contributed by atoms with Gasteiger partial charge in [0, 0.05) is 49.9 Å². The van der Waals surface area contributed by atoms with Crippen molar-refractivity contribution in [2.75, 3.05) is 18.0 Å². The number of hydrogen-bond donors (Lipinski definition) is 1. The van der Waals surface area contributed by atoms with Crippen LogP contribution in [0.2, 0.25) is 0 Å². The van der Waals surface area contributed by atoms with Crippen molar-refractivity contribution in [1.29, 1.82) is 0 Å². The SMILES string of the molecule is CCCc1nc(C)cc(N2CCC(NCc3cc(C)on3)CC2)n1. The summed E-state index contributed by atoms with van der Waals surface area (Å²) in [6.07, 6.45) is 4.26. The number of nitrogens with zero attached hydrogens (tertiary/aromatic N) is 4. The van der Waals surface area contributed by atoms with Gasteiger partial charge in [0.05, 0.1) is 5.69 Å². The van der Waals surface area contributed by atoms with Crippen LogP contribution in [0.1, 0.15) is 49.2 Å². The molecular weight excluding hydrogens is 302 g/mol. The molecule has 1 N–H and O–H groups in total. The molecule has 6 heteroatoms. The highest BCUT2D eigenvalue weighted by molar-refractivity contribution is 5.40. The molecule has 0 radical (unpaired) electrons. The van der Waals surface area contributed by atoms with Crippen LogP contribution in [0.4, 0.5) is 5.82 Å². The second kappa shape index (κ2) is 7.75. The standard InChI is InChI=1S/C18H27N5O/c1-4-5-17-20-13(2)10-18(21-17)23-8-6-15(7-9-23)19-12-16-11-14(3)24-22-16/h10-11,15,19H,4-9,12H2,1-3H3. The van der Waals surface area contributed by atoms with Gasteiger partial charge in [-0.1, -0.05) is 12.1 Å². The van der Waals surface area contributed by atoms with E-state index in [0.29, 0.717) is 6.04 Å². The van der Waals surface area contributed by atoms with Crippen molar-refractivity contribution in [3.05, 3.63) is 35.1 Å². The molecule has 0 unspecified atom stereocenters. The van der Waals surface area contributed by atoms with Gasteiger partial charge in [0.2, 0.25) is 0 Å². The Morgan fingerprint density at radius 2 is 2.00 bits per heavy atom. The number of hydrogen-bond acceptors (Lipinski definition) is 6. The summed E-state index contributed by atoms with van der Waals surface area (Å²) in [5.41, 5.74) is 2.04. The second-order valence-corrected chi connectivity index (χ2v) is 6.60. The Bertz CT molecular complexity index is 661. The Balaban J connectivity index is 1.53. The lowest BCUT2D eigenvalue weighted by Crippen LogP contribution is -2.42. The van der Waals surface area contributed by atoms with Gasteiger partial charge in [0.15, 0.2) is 0 Å². The molecular formula is C18H27N5O. The summed E-state index contributed by atoms with van der Waals surface area (Å²) in [6.45, 7) is 8.97. The maximum absolute atomic E-state index is 5.11. The van der Waals surface area contributed by atoms with E-state index in [1.165, 1.54) is 0 Å². The largest absolute Gasteiger partial charge is 0.361 e. The minimum atomic E-state index is 0.524. The minimum Gasteiger partial charge on any atom is -0.361 e. The molecule has 0 atom stereocenters. The first-order chi connectivity index (χ1) is 11.6. The van der Waals surface area contributed by atoms with E-state index in [9.17, 15) is 0 Å². The van der Waals surface area contributed by atoms with E-state index in [0.717, 1.165) is 74.1 Å². The molecule has 1 aliphatic heterocycles. The van der Waals surface area contributed by atoms with Crippen molar-refractivity contribution in [3.8, 4) is 0 Å². The average molecular weight is 329 g/mol. The van der Waals surface area contributed by atoms with Crippen LogP contribution in [0.5, 0.6) is 0 Å². The van der Waals surface area contributed by atoms with Crippen LogP contribution < -0.4 is 10.2 Å². The number of anilines is 1. The first-order valence-electron chi connectivity index (χ1n) is 8.89. The van der Waals surface area contributed by atoms with Gasteiger partial charge in [-0.3, -0.25) is 0 Å². The average Bonchev–Trinajstić information content (AvgIpc) is 2.99. The molecule has 1 fully saturated rings. The molecule has 2 aromatic rings. The first-order valence-corrected chi connectivity index (χ1v) is 8.89. The van der Waals surface area contributed by atoms with E-state index < -0.39 is 0 Å². The Hall–Kier alpha value is -1.95. The normalized spacial score (nSPS) is 15.9. The van der Waals surface area contributed by atoms with Crippen molar-refractivity contribution in [1.82, 2.24) is 20.4 Å². The van der Waals surface area contributed by atoms with Crippen LogP contribution in [-0.2, 0) is 13.0 Å². The Morgan fingerprint density at radius 3 is 2.67 bits per heavy atom. The summed E-state index contributed by atoms with van der Waals surface area (Å²) in [5.74, 6) is 2.91. The minimum absolute atomic E-state index is 0.524. The zero-order valence-electron chi connectivity index (χ0n) is 14.9. The van der Waals surface area contributed by atoms with Gasteiger partial charge in [0.1, 0.15) is 17.4 Å². The third-order valence-electron chi connectivity index (χ3n) is 4.43. The molecule has 0 spiro atoms. The summed E-state index contributed by atoms with van der Waals surface area (Å²) in [7, 11) is 0. The van der Waals surface area contributed by atoms with Gasteiger partial charge < -0.3 is 14.7 Å². The van der Waals surface area contributed by atoms with E-state index in [1.54, 1.807) is 0 Å². The van der Waals surface area contributed by atoms with E-state index >= 15 is 0 Å². The maximum atomic E-state index is 5.11. The van der Waals surface area contributed by atoms with Gasteiger partial charge in [-0.05, 0) is 33.1 Å². The van der Waals surface area contributed by atoms with E-state index in [-0.39, 0.29) is 0 Å². The highest BCUT2D eigenvalue weighted by atomic mass is 16.5. The summed E-state index contributed by atoms with van der Waals surface area (Å²) >= 11 is 0. The fourth-order valence-electron chi connectivity index (χ4n) is 3.17. The van der Waals surface area contributed by atoms with Crippen molar-refractivity contribution < 1.29 is 4.52 Å². The summed E-state index contributed by atoms with van der Waals surface area (Å²) in [5, 5.41) is 7.62. The number of nitrogens with one attached hydrogen (secondary N) is 1. The first kappa shape index (κ1) is 16.9. The Kier molecular flexibility index (Phi) is 5.45. The number of aryl methyl sites for hydroxylation is 3. The Labute approximate surface area is 143 Å². The molecule has 0 bridgehead atoms. The molecule has 2 aromatic heterocycles. The van der Waals surface area contributed by atoms with Crippen molar-refractivity contribution in [2.45, 2.75) is 59.0 Å². The van der Waals surface area contributed by atoms with Gasteiger partial charge in [-0.25, -0.2) is 9.97 Å². The quantitative estimate of drug-likeness (QED) is 0.879. The number of rotatable bonds is 6. The zero-order chi connectivity index (χ0) is 16.9. The predicted octanol–water partition coefficient (Wildman–Crippen LogP) is 2.79. The maximum Gasteiger partial charge on any atom is 0.133 e. The molecule has 130 valence electrons. The molecule has 24 heavy (non-hydrogen) atoms. The second-order valence-electron chi connectivity index (χ2n) is 6.60. The number of piperidine rings is 1. The van der Waals surface area contributed by atoms with Gasteiger partial charge >= 0.3 is 0 Å². The van der Waals surface area contributed by atoms with Crippen LogP contribution >= 0.6 is 0 Å². The third kappa shape index (κ3) is 4.32. The van der Waals surface area contributed by atoms with Gasteiger partial charge in [0.25, 0.3) is 0 Å². The molecule has 3 heterocycles. The Morgan fingerprint density at radius 1 is 1.21 bits per heavy atom. The highest BCUT2D eigenvalue weighted by Gasteiger charge is 2.20. The molecule has 0 saturated carbocycles. The van der Waals surface area contributed by atoms with Crippen LogP contribution in [0.15, 0.2) is 16.7 Å². The molecule has 0 amide bonds. The fraction of sp³-hybridized carbons (Fsp3) is 0.611. The van der Waals surface area contributed by atoms with Gasteiger partial charge in [-0.2, -0.15) is 0 Å². The van der Waals surface area contributed by atoms with Crippen LogP contribution in [0.25, 0.3) is 0 Å². The van der Waals surface area contributed by atoms with E-state index in [1.807, 2.05) is 13.0 Å². The highest BCUT2D eigenvalue weighted by Crippen LogP contribution is 2.19. The smallest absolute Gasteiger partial charge is 0.133 e. The lowest BCUT2D eigenvalue weighted by Gasteiger charge is -2.33. The predicted molar refractivity (Wildman–Crippen MR) is 94.1 cm³/mol. The molecule has 1 aliphatic rings. The third-order valence-corrected chi connectivity index (χ3v) is 4.43. The summed E-state index contributed by atoms with van der Waals surface area (Å²) in [6, 6.07) is 4.61. The van der Waals surface area contributed by atoms with E-state index in [4.69, 9.17) is 9.51 Å². The van der Waals surface area contributed by atoms with Gasteiger partial charge in [-0.15, -0.1) is 0 Å². The van der Waals surface area contributed by atoms with Crippen LogP contribution in [0, 0.1) is 13.8 Å². The number of aromatic nitrogens is 3. The lowest BCUT2D eigenvalue weighted by atomic mass is 10.0. The zero-order valence-corrected chi connectivity index (χ0v) is 14.9. The van der Waals surface area contributed by atoms with Crippen molar-refractivity contribution >= 4 is 5.82 Å². The van der Waals surface area contributed by atoms with Crippen LogP contribution in [0.3, 0.4) is 0 Å². The topological polar surface area (TPSA) is 67.1 Å². The van der Waals surface area contributed by atoms with Crippen molar-refractivity contribution in [2.24, 2.45) is 0 Å².